The number of aromatic nitrogens is 2. The molecular weight excluding hydrogens is 350 g/mol. The molecule has 1 N–H and O–H groups in total. The number of aliphatic hydroxyl groups is 1. The Morgan fingerprint density at radius 1 is 1.30 bits per heavy atom. The number of halogens is 7. The Kier molecular flexibility index (Phi) is 3.42. The minimum absolute atomic E-state index is 0.205. The molecule has 0 unspecified atom stereocenters. The van der Waals surface area contributed by atoms with Crippen molar-refractivity contribution in [2.24, 2.45) is 0 Å². The van der Waals surface area contributed by atoms with Gasteiger partial charge >= 0.3 is 6.18 Å². The number of aliphatic hydroxyl groups excluding tert-OH is 1. The third-order valence-corrected chi connectivity index (χ3v) is 3.82. The van der Waals surface area contributed by atoms with Gasteiger partial charge < -0.3 is 5.11 Å². The van der Waals surface area contributed by atoms with Crippen LogP contribution in [0.4, 0.5) is 26.3 Å². The topological polar surface area (TPSA) is 38.1 Å². The molecule has 0 saturated heterocycles. The molecule has 10 heteroatoms. The highest BCUT2D eigenvalue weighted by Gasteiger charge is 2.54. The Balaban J connectivity index is 2.24. The standard InChI is InChI=1S/C13H7ClF6N2O/c14-6-2-1-5(3-7(6)15)22-8-4-12(16,17)11(23)9(8)10(21-22)13(18,19)20/h1-3,11,23H,4H2/t11-/m0/s1. The summed E-state index contributed by atoms with van der Waals surface area (Å²) in [4.78, 5) is 0. The summed E-state index contributed by atoms with van der Waals surface area (Å²) in [7, 11) is 0. The quantitative estimate of drug-likeness (QED) is 0.787. The van der Waals surface area contributed by atoms with Gasteiger partial charge in [-0.05, 0) is 12.1 Å². The highest BCUT2D eigenvalue weighted by molar-refractivity contribution is 6.30. The largest absolute Gasteiger partial charge is 0.435 e. The van der Waals surface area contributed by atoms with Crippen LogP contribution in [0, 0.1) is 5.82 Å². The second kappa shape index (κ2) is 4.88. The van der Waals surface area contributed by atoms with Crippen LogP contribution in [0.15, 0.2) is 18.2 Å². The maximum atomic E-state index is 13.6. The highest BCUT2D eigenvalue weighted by Crippen LogP contribution is 2.48. The van der Waals surface area contributed by atoms with Crippen LogP contribution in [0.2, 0.25) is 5.02 Å². The molecule has 0 spiro atoms. The first-order chi connectivity index (χ1) is 10.5. The molecule has 1 aliphatic rings. The lowest BCUT2D eigenvalue weighted by Crippen LogP contribution is -2.24. The molecule has 0 aliphatic heterocycles. The van der Waals surface area contributed by atoms with Crippen molar-refractivity contribution in [3.8, 4) is 5.69 Å². The zero-order valence-corrected chi connectivity index (χ0v) is 11.8. The van der Waals surface area contributed by atoms with Gasteiger partial charge in [-0.1, -0.05) is 11.6 Å². The smallest absolute Gasteiger partial charge is 0.382 e. The molecule has 0 amide bonds. The van der Waals surface area contributed by atoms with Gasteiger partial charge in [-0.3, -0.25) is 0 Å². The highest BCUT2D eigenvalue weighted by atomic mass is 35.5. The van der Waals surface area contributed by atoms with Crippen molar-refractivity contribution in [3.63, 3.8) is 0 Å². The van der Waals surface area contributed by atoms with Crippen molar-refractivity contribution in [3.05, 3.63) is 46.0 Å². The van der Waals surface area contributed by atoms with Gasteiger partial charge in [-0.2, -0.15) is 18.3 Å². The molecule has 0 fully saturated rings. The predicted molar refractivity (Wildman–Crippen MR) is 67.1 cm³/mol. The molecule has 1 aliphatic carbocycles. The zero-order chi connectivity index (χ0) is 17.2. The zero-order valence-electron chi connectivity index (χ0n) is 11.0. The predicted octanol–water partition coefficient (Wildman–Crippen LogP) is 3.91. The number of hydrogen-bond acceptors (Lipinski definition) is 2. The Morgan fingerprint density at radius 3 is 2.52 bits per heavy atom. The van der Waals surface area contributed by atoms with Gasteiger partial charge in [0.1, 0.15) is 11.9 Å². The van der Waals surface area contributed by atoms with E-state index in [4.69, 9.17) is 11.6 Å². The lowest BCUT2D eigenvalue weighted by atomic mass is 10.1. The Labute approximate surface area is 130 Å². The van der Waals surface area contributed by atoms with E-state index >= 15 is 0 Å². The number of hydrogen-bond donors (Lipinski definition) is 1. The van der Waals surface area contributed by atoms with Gasteiger partial charge in [0.25, 0.3) is 5.92 Å². The minimum Gasteiger partial charge on any atom is -0.382 e. The third-order valence-electron chi connectivity index (χ3n) is 3.51. The van der Waals surface area contributed by atoms with Crippen LogP contribution in [-0.4, -0.2) is 20.8 Å². The summed E-state index contributed by atoms with van der Waals surface area (Å²) >= 11 is 5.49. The molecule has 124 valence electrons. The van der Waals surface area contributed by atoms with Gasteiger partial charge in [0.15, 0.2) is 5.69 Å². The van der Waals surface area contributed by atoms with Crippen LogP contribution in [-0.2, 0) is 12.6 Å². The van der Waals surface area contributed by atoms with E-state index in [1.54, 1.807) is 0 Å². The van der Waals surface area contributed by atoms with E-state index in [0.29, 0.717) is 4.68 Å². The lowest BCUT2D eigenvalue weighted by Gasteiger charge is -2.15. The SMILES string of the molecule is O[C@H]1c2c(C(F)(F)F)nn(-c3ccc(Cl)c(F)c3)c2CC1(F)F. The Bertz CT molecular complexity index is 786. The molecule has 1 aromatic carbocycles. The van der Waals surface area contributed by atoms with E-state index in [1.807, 2.05) is 0 Å². The number of rotatable bonds is 1. The summed E-state index contributed by atoms with van der Waals surface area (Å²) in [6.45, 7) is 0. The molecule has 1 aromatic heterocycles. The summed E-state index contributed by atoms with van der Waals surface area (Å²) in [5.74, 6) is -4.70. The minimum atomic E-state index is -5.04. The first-order valence-corrected chi connectivity index (χ1v) is 6.60. The fraction of sp³-hybridized carbons (Fsp3) is 0.308. The number of fused-ring (bicyclic) bond motifs is 1. The first-order valence-electron chi connectivity index (χ1n) is 6.22. The molecule has 1 heterocycles. The van der Waals surface area contributed by atoms with E-state index in [0.717, 1.165) is 18.2 Å². The molecule has 0 bridgehead atoms. The van der Waals surface area contributed by atoms with Crippen LogP contribution in [0.3, 0.4) is 0 Å². The summed E-state index contributed by atoms with van der Waals surface area (Å²) < 4.78 is 80.3. The van der Waals surface area contributed by atoms with Crippen molar-refractivity contribution in [2.45, 2.75) is 24.6 Å². The second-order valence-electron chi connectivity index (χ2n) is 5.06. The van der Waals surface area contributed by atoms with Crippen molar-refractivity contribution >= 4 is 11.6 Å². The normalized spacial score (nSPS) is 19.9. The van der Waals surface area contributed by atoms with Crippen molar-refractivity contribution in [1.82, 2.24) is 9.78 Å². The molecule has 1 atom stereocenters. The fourth-order valence-corrected chi connectivity index (χ4v) is 2.61. The maximum absolute atomic E-state index is 13.6. The van der Waals surface area contributed by atoms with E-state index in [2.05, 4.69) is 5.10 Å². The van der Waals surface area contributed by atoms with Crippen LogP contribution >= 0.6 is 11.6 Å². The molecule has 3 nitrogen and oxygen atoms in total. The molecular formula is C13H7ClF6N2O. The van der Waals surface area contributed by atoms with Crippen LogP contribution in [0.25, 0.3) is 5.69 Å². The number of alkyl halides is 5. The molecule has 0 saturated carbocycles. The number of benzene rings is 1. The average molecular weight is 357 g/mol. The second-order valence-corrected chi connectivity index (χ2v) is 5.46. The van der Waals surface area contributed by atoms with Crippen LogP contribution in [0.5, 0.6) is 0 Å². The van der Waals surface area contributed by atoms with Crippen molar-refractivity contribution in [2.75, 3.05) is 0 Å². The monoisotopic (exact) mass is 356 g/mol. The summed E-state index contributed by atoms with van der Waals surface area (Å²) in [5.41, 5.74) is -3.33. The van der Waals surface area contributed by atoms with Crippen molar-refractivity contribution in [1.29, 1.82) is 0 Å². The average Bonchev–Trinajstić information content (AvgIpc) is 2.89. The fourth-order valence-electron chi connectivity index (χ4n) is 2.49. The van der Waals surface area contributed by atoms with Gasteiger partial charge in [0, 0.05) is 11.6 Å². The Morgan fingerprint density at radius 2 is 1.96 bits per heavy atom. The third kappa shape index (κ3) is 2.47. The molecule has 2 aromatic rings. The van der Waals surface area contributed by atoms with Gasteiger partial charge in [0.2, 0.25) is 0 Å². The summed E-state index contributed by atoms with van der Waals surface area (Å²) in [5, 5.41) is 12.5. The van der Waals surface area contributed by atoms with Gasteiger partial charge in [-0.15, -0.1) is 0 Å². The van der Waals surface area contributed by atoms with Gasteiger partial charge in [0.05, 0.1) is 22.8 Å². The summed E-state index contributed by atoms with van der Waals surface area (Å²) in [6, 6.07) is 2.98. The van der Waals surface area contributed by atoms with E-state index in [9.17, 15) is 31.4 Å². The molecule has 0 radical (unpaired) electrons. The van der Waals surface area contributed by atoms with Crippen molar-refractivity contribution < 1.29 is 31.4 Å². The van der Waals surface area contributed by atoms with E-state index in [1.165, 1.54) is 0 Å². The van der Waals surface area contributed by atoms with Crippen LogP contribution in [0.1, 0.15) is 23.1 Å². The summed E-state index contributed by atoms with van der Waals surface area (Å²) in [6.07, 6.45) is -8.81. The van der Waals surface area contributed by atoms with Gasteiger partial charge in [-0.25, -0.2) is 17.9 Å². The number of nitrogens with zero attached hydrogens (tertiary/aromatic N) is 2. The van der Waals surface area contributed by atoms with Crippen LogP contribution < -0.4 is 0 Å². The van der Waals surface area contributed by atoms with E-state index in [-0.39, 0.29) is 10.7 Å². The lowest BCUT2D eigenvalue weighted by molar-refractivity contribution is -0.146. The maximum Gasteiger partial charge on any atom is 0.435 e. The molecule has 23 heavy (non-hydrogen) atoms. The van der Waals surface area contributed by atoms with E-state index < -0.39 is 47.4 Å². The Hall–Kier alpha value is -1.74. The first kappa shape index (κ1) is 16.1. The molecule has 3 rings (SSSR count).